The van der Waals surface area contributed by atoms with Gasteiger partial charge in [-0.2, -0.15) is 0 Å². The minimum atomic E-state index is -3.46. The van der Waals surface area contributed by atoms with Crippen molar-refractivity contribution in [3.63, 3.8) is 0 Å². The fraction of sp³-hybridized carbons (Fsp3) is 0.897. The predicted octanol–water partition coefficient (Wildman–Crippen LogP) is -2.21. The molecule has 0 radical (unpaired) electrons. The second-order valence-electron chi connectivity index (χ2n) is 38.8. The van der Waals surface area contributed by atoms with E-state index >= 15 is 0 Å². The Morgan fingerprint density at radius 3 is 1.10 bits per heavy atom. The second kappa shape index (κ2) is 65.9. The van der Waals surface area contributed by atoms with E-state index in [1.54, 1.807) is 6.08 Å². The number of amides is 5. The van der Waals surface area contributed by atoms with Crippen LogP contribution in [0.1, 0.15) is 266 Å². The molecule has 26 N–H and O–H groups in total. The summed E-state index contributed by atoms with van der Waals surface area (Å²) in [6.45, 7) is -0.548. The van der Waals surface area contributed by atoms with Crippen molar-refractivity contribution in [2.24, 2.45) is 0 Å². The van der Waals surface area contributed by atoms with E-state index in [0.717, 1.165) is 98.3 Å². The van der Waals surface area contributed by atoms with E-state index in [0.29, 0.717) is 12.8 Å². The molecular weight excluding hydrogens is 1890 g/mol. The number of aliphatic hydroxyl groups excluding tert-OH is 20. The lowest BCUT2D eigenvalue weighted by Crippen LogP contribution is -2.72. The van der Waals surface area contributed by atoms with Gasteiger partial charge in [-0.3, -0.25) is 24.0 Å². The summed E-state index contributed by atoms with van der Waals surface area (Å²) in [5, 5.41) is 253. The number of carbonyl (C=O) groups is 6. The van der Waals surface area contributed by atoms with Crippen molar-refractivity contribution in [1.29, 1.82) is 0 Å². The number of carboxylic acids is 1. The van der Waals surface area contributed by atoms with Gasteiger partial charge in [0, 0.05) is 40.5 Å². The van der Waals surface area contributed by atoms with Crippen molar-refractivity contribution >= 4 is 35.5 Å². The number of ether oxygens (including phenoxy) is 14. The molecule has 0 aromatic rings. The number of rotatable bonds is 67. The standard InChI is InChI=1S/C97H171N5O41/c1-7-9-11-13-15-17-19-21-22-23-24-25-26-27-28-29-30-32-34-36-38-40-42-44-68(117)102-58(59(114)43-41-39-37-35-33-31-20-18-16-14-12-10-8-2)53-130-93-80(125)79(124)84(65(50-107)134-93)138-94-81(126)88(85(66(51-108)135-94)139-90-70(99-55(4)111)76(121)74(119)62(47-104)131-90)141-92-72(101-57(6)113)78(123)83(64(49-106)133-92)137-95-82(127)89(86(67(52-109)136-95)140-91-71(100-56(5)112)77(122)75(120)63(48-105)132-91)143-97(96(128)129)45-60(115)69(98-54(3)110)87(142-97)73(118)61(116)46-103/h21-22,41,43,58-67,69-95,103-109,114-116,118-127H,7-20,23-40,42,44-53H2,1-6H3,(H,98,110)(H,99,111)(H,100,112)(H,101,113)(H,102,117)(H,128,129)/b22-21-,43-41+/t58-,59+,60?,61+,62?,63?,64?,65?,66?,67?,69+,70?,71?,72?,73+,74-,75-,76+,77+,78+,79+,80?,81?,82?,83+,84+,85-,86-,87?,88+,89+,90-,91-,92-,93+,94-,95-,97-/m0/s1. The van der Waals surface area contributed by atoms with E-state index in [9.17, 15) is 136 Å². The zero-order valence-corrected chi connectivity index (χ0v) is 83.6. The normalized spacial score (nSPS) is 35.4. The number of allylic oxidation sites excluding steroid dienone is 3. The number of carbonyl (C=O) groups excluding carboxylic acids is 5. The third-order valence-corrected chi connectivity index (χ3v) is 27.3. The number of unbranched alkanes of at least 4 members (excludes halogenated alkanes) is 30. The van der Waals surface area contributed by atoms with E-state index in [1.807, 2.05) is 0 Å². The molecule has 7 aliphatic heterocycles. The van der Waals surface area contributed by atoms with Crippen LogP contribution in [0.4, 0.5) is 0 Å². The molecule has 46 heteroatoms. The van der Waals surface area contributed by atoms with Gasteiger partial charge in [-0.05, 0) is 44.9 Å². The zero-order chi connectivity index (χ0) is 105. The molecule has 7 heterocycles. The van der Waals surface area contributed by atoms with Crippen LogP contribution >= 0.6 is 0 Å². The highest BCUT2D eigenvalue weighted by Gasteiger charge is 2.64. The molecule has 14 unspecified atom stereocenters. The first-order chi connectivity index (χ1) is 68.5. The first-order valence-corrected chi connectivity index (χ1v) is 51.7. The number of hydrogen-bond acceptors (Lipinski definition) is 40. The van der Waals surface area contributed by atoms with E-state index in [2.05, 4.69) is 52.6 Å². The minimum absolute atomic E-state index is 0.107. The van der Waals surface area contributed by atoms with E-state index in [-0.39, 0.29) is 6.42 Å². The first kappa shape index (κ1) is 125. The number of carboxylic acid groups (broad SMARTS) is 1. The second-order valence-corrected chi connectivity index (χ2v) is 38.8. The smallest absolute Gasteiger partial charge is 0.364 e. The van der Waals surface area contributed by atoms with Crippen molar-refractivity contribution in [3.8, 4) is 0 Å². The summed E-state index contributed by atoms with van der Waals surface area (Å²) >= 11 is 0. The molecule has 0 aromatic heterocycles. The van der Waals surface area contributed by atoms with E-state index in [4.69, 9.17) is 66.3 Å². The largest absolute Gasteiger partial charge is 0.477 e. The molecule has 0 spiro atoms. The molecule has 7 aliphatic rings. The highest BCUT2D eigenvalue weighted by atomic mass is 16.8. The summed E-state index contributed by atoms with van der Waals surface area (Å²) in [6, 6.07) is -8.80. The Bertz CT molecular complexity index is 3630. The van der Waals surface area contributed by atoms with Crippen LogP contribution < -0.4 is 26.6 Å². The molecule has 0 aromatic carbocycles. The van der Waals surface area contributed by atoms with Gasteiger partial charge in [0.15, 0.2) is 37.7 Å². The molecule has 0 aliphatic carbocycles. The summed E-state index contributed by atoms with van der Waals surface area (Å²) in [5.74, 6) is -9.79. The molecule has 143 heavy (non-hydrogen) atoms. The third-order valence-electron chi connectivity index (χ3n) is 27.3. The van der Waals surface area contributed by atoms with Crippen molar-refractivity contribution in [1.82, 2.24) is 26.6 Å². The average Bonchev–Trinajstić information content (AvgIpc) is 0.743. The van der Waals surface area contributed by atoms with Crippen LogP contribution in [0, 0.1) is 0 Å². The van der Waals surface area contributed by atoms with Crippen LogP contribution in [0.3, 0.4) is 0 Å². The van der Waals surface area contributed by atoms with Crippen molar-refractivity contribution in [2.45, 2.75) is 499 Å². The van der Waals surface area contributed by atoms with Crippen LogP contribution in [0.5, 0.6) is 0 Å². The van der Waals surface area contributed by atoms with Gasteiger partial charge < -0.3 is 200 Å². The van der Waals surface area contributed by atoms with Crippen molar-refractivity contribution in [3.05, 3.63) is 24.3 Å². The fourth-order valence-electron chi connectivity index (χ4n) is 19.2. The monoisotopic (exact) mass is 2060 g/mol. The number of aliphatic carboxylic acids is 1. The van der Waals surface area contributed by atoms with Gasteiger partial charge in [-0.1, -0.05) is 205 Å². The summed E-state index contributed by atoms with van der Waals surface area (Å²) in [5.41, 5.74) is 0. The van der Waals surface area contributed by atoms with E-state index in [1.165, 1.54) is 134 Å². The quantitative estimate of drug-likeness (QED) is 0.0227. The lowest BCUT2D eigenvalue weighted by atomic mass is 9.88. The highest BCUT2D eigenvalue weighted by Crippen LogP contribution is 2.43. The molecule has 0 bridgehead atoms. The van der Waals surface area contributed by atoms with E-state index < -0.39 is 327 Å². The molecule has 5 amide bonds. The maximum absolute atomic E-state index is 13.9. The van der Waals surface area contributed by atoms with Crippen LogP contribution in [0.25, 0.3) is 0 Å². The highest BCUT2D eigenvalue weighted by molar-refractivity contribution is 5.77. The Hall–Kier alpha value is -5.06. The molecular formula is C97H171N5O41. The van der Waals surface area contributed by atoms with Gasteiger partial charge in [0.1, 0.15) is 165 Å². The summed E-state index contributed by atoms with van der Waals surface area (Å²) in [6.07, 6.45) is -24.4. The molecule has 7 fully saturated rings. The molecule has 7 rings (SSSR count). The Kier molecular flexibility index (Phi) is 57.5. The van der Waals surface area contributed by atoms with Gasteiger partial charge >= 0.3 is 5.97 Å². The van der Waals surface area contributed by atoms with Gasteiger partial charge in [0.25, 0.3) is 5.79 Å². The van der Waals surface area contributed by atoms with Crippen molar-refractivity contribution in [2.75, 3.05) is 52.9 Å². The average molecular weight is 2060 g/mol. The topological polar surface area (TPSA) is 717 Å². The van der Waals surface area contributed by atoms with Crippen LogP contribution in [-0.4, -0.2) is 428 Å². The first-order valence-electron chi connectivity index (χ1n) is 51.7. The summed E-state index contributed by atoms with van der Waals surface area (Å²) in [4.78, 5) is 79.4. The Labute approximate surface area is 836 Å². The van der Waals surface area contributed by atoms with Crippen LogP contribution in [0.2, 0.25) is 0 Å². The van der Waals surface area contributed by atoms with Gasteiger partial charge in [0.2, 0.25) is 29.5 Å². The SMILES string of the molecule is CCCCCCCC/C=C\CCCCCCCCCCCCCCCC(=O)N[C@@H](CO[C@@H]1OC(CO)[C@@H](O[C@@H]2OC(CO)[C@H](O[C@@H]3OC(CO)[C@H](O)[C@H](O)C3NC(C)=O)[C@H](O[C@@H]3OC(CO)[C@@H](O[C@@H]4OC(CO)[C@H](O[C@@H]5OC(CO)[C@H](O)[C@H](O)C5NC(C)=O)[C@H](O[C@]5(C(=O)O)CC(O)[C@@H](NC(C)=O)C([C@H](O)[C@H](O)CO)O5)C4O)[C@H](O)C3NC(C)=O)C2O)[C@H](O)C1O)[C@H](O)/C=C/CCCCCCCCCCCCC. The Morgan fingerprint density at radius 1 is 0.364 bits per heavy atom. The predicted molar refractivity (Wildman–Crippen MR) is 504 cm³/mol. The van der Waals surface area contributed by atoms with Crippen molar-refractivity contribution < 1.29 is 202 Å². The van der Waals surface area contributed by atoms with Gasteiger partial charge in [-0.25, -0.2) is 4.79 Å². The molecule has 7 saturated heterocycles. The van der Waals surface area contributed by atoms with Gasteiger partial charge in [-0.15, -0.1) is 0 Å². The van der Waals surface area contributed by atoms with Crippen LogP contribution in [-0.2, 0) is 95.1 Å². The summed E-state index contributed by atoms with van der Waals surface area (Å²) in [7, 11) is 0. The third kappa shape index (κ3) is 38.4. The fourth-order valence-corrected chi connectivity index (χ4v) is 19.2. The lowest BCUT2D eigenvalue weighted by molar-refractivity contribution is -0.404. The van der Waals surface area contributed by atoms with Crippen LogP contribution in [0.15, 0.2) is 24.3 Å². The maximum Gasteiger partial charge on any atom is 0.364 e. The Balaban J connectivity index is 1.12. The maximum atomic E-state index is 13.9. The molecule has 38 atom stereocenters. The lowest BCUT2D eigenvalue weighted by Gasteiger charge is -2.53. The number of nitrogens with one attached hydrogen (secondary N) is 5. The zero-order valence-electron chi connectivity index (χ0n) is 83.6. The number of hydrogen-bond donors (Lipinski definition) is 26. The van der Waals surface area contributed by atoms with Gasteiger partial charge in [0.05, 0.1) is 77.1 Å². The summed E-state index contributed by atoms with van der Waals surface area (Å²) < 4.78 is 86.1. The number of aliphatic hydroxyl groups is 20. The molecule has 46 nitrogen and oxygen atoms in total. The molecule has 0 saturated carbocycles. The molecule has 830 valence electrons. The minimum Gasteiger partial charge on any atom is -0.477 e. The Morgan fingerprint density at radius 2 is 0.699 bits per heavy atom.